The van der Waals surface area contributed by atoms with Gasteiger partial charge in [-0.25, -0.2) is 0 Å². The Morgan fingerprint density at radius 1 is 1.30 bits per heavy atom. The van der Waals surface area contributed by atoms with Gasteiger partial charge in [-0.15, -0.1) is 0 Å². The molecule has 2 rings (SSSR count). The van der Waals surface area contributed by atoms with Gasteiger partial charge in [0.15, 0.2) is 0 Å². The molecule has 1 fully saturated rings. The zero-order chi connectivity index (χ0) is 16.8. The molecule has 1 aromatic carbocycles. The fraction of sp³-hybridized carbons (Fsp3) is 0.588. The number of morpholine rings is 1. The van der Waals surface area contributed by atoms with Crippen molar-refractivity contribution in [3.63, 3.8) is 0 Å². The van der Waals surface area contributed by atoms with Crippen molar-refractivity contribution in [2.75, 3.05) is 43.1 Å². The monoisotopic (exact) mass is 339 g/mol. The molecule has 128 valence electrons. The summed E-state index contributed by atoms with van der Waals surface area (Å²) in [4.78, 5) is 14.3. The fourth-order valence-electron chi connectivity index (χ4n) is 2.38. The fourth-order valence-corrected chi connectivity index (χ4v) is 2.55. The van der Waals surface area contributed by atoms with Gasteiger partial charge in [0.1, 0.15) is 0 Å². The molecule has 5 nitrogen and oxygen atoms in total. The standard InChI is InChI=1S/C17H26ClN3O2/c1-12(2)13(3)20-17(22)11-19-15-10-14(18)4-5-16(15)21-6-8-23-9-7-21/h4-5,10,12-13,19H,6-9,11H2,1-3H3,(H,20,22)/t13-/m0/s1. The first-order valence-electron chi connectivity index (χ1n) is 8.13. The minimum absolute atomic E-state index is 0.0147. The normalized spacial score (nSPS) is 16.3. The molecule has 0 aliphatic carbocycles. The number of nitrogens with zero attached hydrogens (tertiary/aromatic N) is 1. The minimum Gasteiger partial charge on any atom is -0.378 e. The molecule has 1 heterocycles. The molecular formula is C17H26ClN3O2. The minimum atomic E-state index is -0.0147. The van der Waals surface area contributed by atoms with Gasteiger partial charge in [-0.2, -0.15) is 0 Å². The predicted molar refractivity (Wildman–Crippen MR) is 95.4 cm³/mol. The average Bonchev–Trinajstić information content (AvgIpc) is 2.53. The number of hydrogen-bond donors (Lipinski definition) is 2. The second kappa shape index (κ2) is 8.41. The summed E-state index contributed by atoms with van der Waals surface area (Å²) in [6.45, 7) is 9.54. The lowest BCUT2D eigenvalue weighted by Gasteiger charge is -2.30. The zero-order valence-corrected chi connectivity index (χ0v) is 14.8. The molecule has 23 heavy (non-hydrogen) atoms. The second-order valence-electron chi connectivity index (χ2n) is 6.21. The molecule has 0 aromatic heterocycles. The molecule has 0 spiro atoms. The Hall–Kier alpha value is -1.46. The van der Waals surface area contributed by atoms with Crippen LogP contribution in [0.5, 0.6) is 0 Å². The Balaban J connectivity index is 2.00. The van der Waals surface area contributed by atoms with Crippen molar-refractivity contribution in [1.29, 1.82) is 0 Å². The van der Waals surface area contributed by atoms with E-state index in [9.17, 15) is 4.79 Å². The average molecular weight is 340 g/mol. The lowest BCUT2D eigenvalue weighted by molar-refractivity contribution is -0.120. The van der Waals surface area contributed by atoms with E-state index in [-0.39, 0.29) is 18.5 Å². The SMILES string of the molecule is CC(C)[C@H](C)NC(=O)CNc1cc(Cl)ccc1N1CCOCC1. The molecule has 1 aliphatic rings. The summed E-state index contributed by atoms with van der Waals surface area (Å²) in [6.07, 6.45) is 0. The van der Waals surface area contributed by atoms with Crippen molar-refractivity contribution in [1.82, 2.24) is 5.32 Å². The van der Waals surface area contributed by atoms with Crippen LogP contribution in [-0.2, 0) is 9.53 Å². The van der Waals surface area contributed by atoms with E-state index in [1.54, 1.807) is 0 Å². The van der Waals surface area contributed by atoms with Gasteiger partial charge in [0.05, 0.1) is 31.1 Å². The molecule has 0 saturated carbocycles. The molecule has 1 amide bonds. The number of nitrogens with one attached hydrogen (secondary N) is 2. The van der Waals surface area contributed by atoms with Gasteiger partial charge in [0, 0.05) is 24.2 Å². The molecule has 0 radical (unpaired) electrons. The number of carbonyl (C=O) groups excluding carboxylic acids is 1. The van der Waals surface area contributed by atoms with Gasteiger partial charge < -0.3 is 20.3 Å². The Kier molecular flexibility index (Phi) is 6.54. The van der Waals surface area contributed by atoms with Gasteiger partial charge in [-0.05, 0) is 31.0 Å². The van der Waals surface area contributed by atoms with E-state index < -0.39 is 0 Å². The summed E-state index contributed by atoms with van der Waals surface area (Å²) in [5.41, 5.74) is 1.94. The van der Waals surface area contributed by atoms with Crippen LogP contribution in [-0.4, -0.2) is 44.8 Å². The molecule has 0 bridgehead atoms. The number of rotatable bonds is 6. The van der Waals surface area contributed by atoms with Crippen molar-refractivity contribution in [3.05, 3.63) is 23.2 Å². The molecule has 6 heteroatoms. The van der Waals surface area contributed by atoms with Gasteiger partial charge in [-0.3, -0.25) is 4.79 Å². The number of ether oxygens (including phenoxy) is 1. The second-order valence-corrected chi connectivity index (χ2v) is 6.65. The molecule has 2 N–H and O–H groups in total. The zero-order valence-electron chi connectivity index (χ0n) is 14.1. The maximum atomic E-state index is 12.1. The Morgan fingerprint density at radius 2 is 2.00 bits per heavy atom. The van der Waals surface area contributed by atoms with Crippen LogP contribution < -0.4 is 15.5 Å². The van der Waals surface area contributed by atoms with Crippen LogP contribution in [0.1, 0.15) is 20.8 Å². The third-order valence-electron chi connectivity index (χ3n) is 4.14. The topological polar surface area (TPSA) is 53.6 Å². The largest absolute Gasteiger partial charge is 0.378 e. The summed E-state index contributed by atoms with van der Waals surface area (Å²) >= 11 is 6.11. The van der Waals surface area contributed by atoms with Gasteiger partial charge >= 0.3 is 0 Å². The van der Waals surface area contributed by atoms with E-state index in [1.807, 2.05) is 25.1 Å². The van der Waals surface area contributed by atoms with Gasteiger partial charge in [0.25, 0.3) is 0 Å². The summed E-state index contributed by atoms with van der Waals surface area (Å²) < 4.78 is 5.40. The maximum absolute atomic E-state index is 12.1. The maximum Gasteiger partial charge on any atom is 0.239 e. The number of amides is 1. The number of benzene rings is 1. The van der Waals surface area contributed by atoms with Crippen LogP contribution in [0.3, 0.4) is 0 Å². The van der Waals surface area contributed by atoms with Crippen LogP contribution in [0.4, 0.5) is 11.4 Å². The third kappa shape index (κ3) is 5.29. The highest BCUT2D eigenvalue weighted by Gasteiger charge is 2.16. The summed E-state index contributed by atoms with van der Waals surface area (Å²) in [5, 5.41) is 6.86. The highest BCUT2D eigenvalue weighted by atomic mass is 35.5. The Bertz CT molecular complexity index is 531. The van der Waals surface area contributed by atoms with Crippen LogP contribution in [0, 0.1) is 5.92 Å². The predicted octanol–water partition coefficient (Wildman–Crippen LogP) is 2.75. The Morgan fingerprint density at radius 3 is 2.65 bits per heavy atom. The van der Waals surface area contributed by atoms with Crippen molar-refractivity contribution in [2.24, 2.45) is 5.92 Å². The molecule has 1 aliphatic heterocycles. The van der Waals surface area contributed by atoms with Crippen LogP contribution in [0.25, 0.3) is 0 Å². The van der Waals surface area contributed by atoms with Crippen molar-refractivity contribution >= 4 is 28.9 Å². The summed E-state index contributed by atoms with van der Waals surface area (Å²) in [5.74, 6) is 0.396. The third-order valence-corrected chi connectivity index (χ3v) is 4.37. The first kappa shape index (κ1) is 17.9. The summed E-state index contributed by atoms with van der Waals surface area (Å²) in [6, 6.07) is 5.89. The molecule has 0 unspecified atom stereocenters. The lowest BCUT2D eigenvalue weighted by atomic mass is 10.1. The lowest BCUT2D eigenvalue weighted by Crippen LogP contribution is -2.40. The smallest absolute Gasteiger partial charge is 0.239 e. The van der Waals surface area contributed by atoms with Crippen molar-refractivity contribution in [3.8, 4) is 0 Å². The molecule has 1 saturated heterocycles. The first-order valence-corrected chi connectivity index (χ1v) is 8.50. The molecule has 1 aromatic rings. The van der Waals surface area contributed by atoms with Gasteiger partial charge in [0.2, 0.25) is 5.91 Å². The van der Waals surface area contributed by atoms with E-state index in [1.165, 1.54) is 0 Å². The highest BCUT2D eigenvalue weighted by molar-refractivity contribution is 6.31. The van der Waals surface area contributed by atoms with Crippen LogP contribution in [0.2, 0.25) is 5.02 Å². The van der Waals surface area contributed by atoms with E-state index in [4.69, 9.17) is 16.3 Å². The number of anilines is 2. The quantitative estimate of drug-likeness (QED) is 0.836. The van der Waals surface area contributed by atoms with E-state index in [0.717, 1.165) is 24.5 Å². The van der Waals surface area contributed by atoms with E-state index in [0.29, 0.717) is 24.2 Å². The molecular weight excluding hydrogens is 314 g/mol. The summed E-state index contributed by atoms with van der Waals surface area (Å²) in [7, 11) is 0. The van der Waals surface area contributed by atoms with Crippen molar-refractivity contribution < 1.29 is 9.53 Å². The van der Waals surface area contributed by atoms with Gasteiger partial charge in [-0.1, -0.05) is 25.4 Å². The van der Waals surface area contributed by atoms with E-state index in [2.05, 4.69) is 29.4 Å². The van der Waals surface area contributed by atoms with E-state index >= 15 is 0 Å². The molecule has 1 atom stereocenters. The van der Waals surface area contributed by atoms with Crippen LogP contribution >= 0.6 is 11.6 Å². The van der Waals surface area contributed by atoms with Crippen LogP contribution in [0.15, 0.2) is 18.2 Å². The van der Waals surface area contributed by atoms with Crippen molar-refractivity contribution in [2.45, 2.75) is 26.8 Å². The number of carbonyl (C=O) groups is 1. The first-order chi connectivity index (χ1) is 11.0. The number of hydrogen-bond acceptors (Lipinski definition) is 4. The number of halogens is 1. The Labute approximate surface area is 143 Å². The highest BCUT2D eigenvalue weighted by Crippen LogP contribution is 2.29.